The van der Waals surface area contributed by atoms with E-state index >= 15 is 0 Å². The van der Waals surface area contributed by atoms with Gasteiger partial charge in [-0.15, -0.1) is 18.9 Å². The highest BCUT2D eigenvalue weighted by Crippen LogP contribution is 2.47. The van der Waals surface area contributed by atoms with E-state index in [-0.39, 0.29) is 42.8 Å². The fourth-order valence-corrected chi connectivity index (χ4v) is 5.67. The summed E-state index contributed by atoms with van der Waals surface area (Å²) in [5.74, 6) is -1.89. The first-order chi connectivity index (χ1) is 20.5. The standard InChI is InChI=1S/C23H15BrN4O12S3/c24-17-10-15(43(34,35)36)7-11-8-19(42-40-38-33)21(22(29)20(11)17)28-27-18-6-3-13(9-16(18)23(30)31)26-25-12-1-4-14(5-2-12)41-39-37-32/h1-10,29,32-33H,(H,30,31)(H,34,35,36). The average molecular weight is 715 g/mol. The van der Waals surface area contributed by atoms with Gasteiger partial charge < -0.3 is 10.2 Å². The van der Waals surface area contributed by atoms with E-state index in [1.807, 2.05) is 0 Å². The lowest BCUT2D eigenvalue weighted by atomic mass is 10.1. The number of phenolic OH excluding ortho intramolecular Hbond substituents is 1. The van der Waals surface area contributed by atoms with Crippen LogP contribution in [0.5, 0.6) is 5.75 Å². The van der Waals surface area contributed by atoms with E-state index in [9.17, 15) is 28.0 Å². The summed E-state index contributed by atoms with van der Waals surface area (Å²) in [6.07, 6.45) is 0. The summed E-state index contributed by atoms with van der Waals surface area (Å²) in [4.78, 5) is 12.1. The maximum Gasteiger partial charge on any atom is 0.338 e. The summed E-state index contributed by atoms with van der Waals surface area (Å²) in [6.45, 7) is 0. The number of azo groups is 2. The second-order valence-electron chi connectivity index (χ2n) is 7.90. The van der Waals surface area contributed by atoms with Gasteiger partial charge in [0.2, 0.25) is 0 Å². The number of carbonyl (C=O) groups is 1. The maximum atomic E-state index is 12.0. The molecule has 4 rings (SSSR count). The molecule has 0 aromatic heterocycles. The zero-order valence-corrected chi connectivity index (χ0v) is 24.8. The summed E-state index contributed by atoms with van der Waals surface area (Å²) < 4.78 is 41.6. The van der Waals surface area contributed by atoms with E-state index in [4.69, 9.17) is 10.5 Å². The predicted octanol–water partition coefficient (Wildman–Crippen LogP) is 7.94. The third kappa shape index (κ3) is 8.10. The van der Waals surface area contributed by atoms with Crippen molar-refractivity contribution < 1.29 is 57.2 Å². The minimum absolute atomic E-state index is 0.0376. The Morgan fingerprint density at radius 3 is 2.14 bits per heavy atom. The Kier molecular flexibility index (Phi) is 10.8. The van der Waals surface area contributed by atoms with Crippen LogP contribution in [-0.2, 0) is 28.9 Å². The highest BCUT2D eigenvalue weighted by molar-refractivity contribution is 9.10. The molecule has 0 unspecified atom stereocenters. The van der Waals surface area contributed by atoms with Crippen molar-refractivity contribution in [1.29, 1.82) is 0 Å². The first-order valence-electron chi connectivity index (χ1n) is 11.1. The molecule has 0 saturated heterocycles. The minimum atomic E-state index is -4.60. The molecule has 224 valence electrons. The molecule has 20 heteroatoms. The third-order valence-electron chi connectivity index (χ3n) is 5.27. The zero-order valence-electron chi connectivity index (χ0n) is 20.8. The molecule has 5 N–H and O–H groups in total. The fraction of sp³-hybridized carbons (Fsp3) is 0. The summed E-state index contributed by atoms with van der Waals surface area (Å²) in [7, 11) is -4.60. The summed E-state index contributed by atoms with van der Waals surface area (Å²) >= 11 is 4.28. The molecule has 0 fully saturated rings. The summed E-state index contributed by atoms with van der Waals surface area (Å²) in [5.41, 5.74) is -0.0992. The van der Waals surface area contributed by atoms with Crippen LogP contribution in [0, 0.1) is 0 Å². The number of carboxylic acids is 1. The Bertz CT molecular complexity index is 1840. The number of hydrogen-bond donors (Lipinski definition) is 5. The van der Waals surface area contributed by atoms with Crippen molar-refractivity contribution in [3.05, 3.63) is 70.7 Å². The molecule has 16 nitrogen and oxygen atoms in total. The largest absolute Gasteiger partial charge is 0.505 e. The Hall–Kier alpha value is -3.54. The molecule has 0 aliphatic heterocycles. The summed E-state index contributed by atoms with van der Waals surface area (Å²) in [5, 5.41) is 60.9. The van der Waals surface area contributed by atoms with Gasteiger partial charge in [-0.05, 0) is 82.0 Å². The maximum absolute atomic E-state index is 12.0. The van der Waals surface area contributed by atoms with Crippen LogP contribution < -0.4 is 0 Å². The molecule has 0 radical (unpaired) electrons. The average Bonchev–Trinajstić information content (AvgIpc) is 2.97. The number of nitrogens with zero attached hydrogens (tertiary/aromatic N) is 4. The van der Waals surface area contributed by atoms with E-state index < -0.39 is 26.7 Å². The number of halogens is 1. The number of aromatic hydroxyl groups is 1. The van der Waals surface area contributed by atoms with Crippen molar-refractivity contribution in [2.75, 3.05) is 0 Å². The van der Waals surface area contributed by atoms with Crippen molar-refractivity contribution in [3.8, 4) is 5.75 Å². The van der Waals surface area contributed by atoms with Crippen molar-refractivity contribution in [2.45, 2.75) is 14.7 Å². The van der Waals surface area contributed by atoms with E-state index in [0.717, 1.165) is 24.2 Å². The Balaban J connectivity index is 1.70. The molecule has 0 bridgehead atoms. The van der Waals surface area contributed by atoms with Crippen LogP contribution in [0.3, 0.4) is 0 Å². The SMILES string of the molecule is O=C(O)c1cc(N=Nc2ccc(SOOO)cc2)ccc1N=Nc1c(SOOO)cc2cc(S(=O)(=O)O)cc(Br)c2c1O. The van der Waals surface area contributed by atoms with Gasteiger partial charge in [0.25, 0.3) is 10.1 Å². The van der Waals surface area contributed by atoms with Gasteiger partial charge in [0.15, 0.2) is 5.75 Å². The molecule has 0 amide bonds. The van der Waals surface area contributed by atoms with Crippen molar-refractivity contribution in [3.63, 3.8) is 0 Å². The third-order valence-corrected chi connectivity index (χ3v) is 7.94. The molecular formula is C23H15BrN4O12S3. The van der Waals surface area contributed by atoms with Gasteiger partial charge in [-0.1, -0.05) is 10.1 Å². The molecular weight excluding hydrogens is 700 g/mol. The normalized spacial score (nSPS) is 12.1. The fourth-order valence-electron chi connectivity index (χ4n) is 3.46. The van der Waals surface area contributed by atoms with E-state index in [1.54, 1.807) is 24.3 Å². The van der Waals surface area contributed by atoms with Crippen molar-refractivity contribution >= 4 is 89.6 Å². The lowest BCUT2D eigenvalue weighted by Gasteiger charge is -2.11. The highest BCUT2D eigenvalue weighted by Gasteiger charge is 2.21. The van der Waals surface area contributed by atoms with Crippen molar-refractivity contribution in [2.24, 2.45) is 20.5 Å². The van der Waals surface area contributed by atoms with E-state index in [0.29, 0.717) is 22.6 Å². The Morgan fingerprint density at radius 2 is 1.49 bits per heavy atom. The lowest BCUT2D eigenvalue weighted by Crippen LogP contribution is -1.98. The van der Waals surface area contributed by atoms with Gasteiger partial charge in [0.1, 0.15) is 11.4 Å². The minimum Gasteiger partial charge on any atom is -0.505 e. The number of fused-ring (bicyclic) bond motifs is 1. The number of rotatable bonds is 12. The molecule has 0 saturated carbocycles. The number of benzene rings is 4. The molecule has 0 heterocycles. The van der Waals surface area contributed by atoms with Crippen LogP contribution >= 0.6 is 40.0 Å². The van der Waals surface area contributed by atoms with Gasteiger partial charge in [0, 0.05) is 14.8 Å². The molecule has 0 atom stereocenters. The zero-order chi connectivity index (χ0) is 31.1. The second kappa shape index (κ2) is 14.3. The highest BCUT2D eigenvalue weighted by atomic mass is 79.9. The van der Waals surface area contributed by atoms with Crippen molar-refractivity contribution in [1.82, 2.24) is 0 Å². The Morgan fingerprint density at radius 1 is 0.837 bits per heavy atom. The molecule has 43 heavy (non-hydrogen) atoms. The van der Waals surface area contributed by atoms with Crippen LogP contribution in [0.2, 0.25) is 0 Å². The smallest absolute Gasteiger partial charge is 0.338 e. The molecule has 4 aromatic rings. The van der Waals surface area contributed by atoms with Crippen LogP contribution in [0.4, 0.5) is 22.7 Å². The predicted molar refractivity (Wildman–Crippen MR) is 153 cm³/mol. The quantitative estimate of drug-likeness (QED) is 0.0308. The topological polar surface area (TPSA) is 239 Å². The number of carboxylic acid groups (broad SMARTS) is 1. The van der Waals surface area contributed by atoms with Gasteiger partial charge in [0.05, 0.1) is 50.8 Å². The monoisotopic (exact) mass is 714 g/mol. The van der Waals surface area contributed by atoms with Gasteiger partial charge in [-0.25, -0.2) is 15.3 Å². The number of hydrogen-bond acceptors (Lipinski definition) is 16. The summed E-state index contributed by atoms with van der Waals surface area (Å²) in [6, 6.07) is 13.8. The van der Waals surface area contributed by atoms with Gasteiger partial charge >= 0.3 is 5.97 Å². The Labute approximate surface area is 257 Å². The molecule has 4 aromatic carbocycles. The lowest BCUT2D eigenvalue weighted by molar-refractivity contribution is -0.432. The first-order valence-corrected chi connectivity index (χ1v) is 14.8. The first kappa shape index (κ1) is 32.4. The van der Waals surface area contributed by atoms with Crippen LogP contribution in [0.15, 0.2) is 100 Å². The van der Waals surface area contributed by atoms with Gasteiger partial charge in [-0.2, -0.15) is 18.6 Å². The van der Waals surface area contributed by atoms with E-state index in [2.05, 4.69) is 55.1 Å². The molecule has 0 spiro atoms. The molecule has 0 aliphatic rings. The number of phenols is 1. The second-order valence-corrected chi connectivity index (χ2v) is 11.7. The van der Waals surface area contributed by atoms with Gasteiger partial charge in [-0.3, -0.25) is 4.55 Å². The number of aromatic carboxylic acids is 1. The van der Waals surface area contributed by atoms with Crippen LogP contribution in [0.25, 0.3) is 10.8 Å². The van der Waals surface area contributed by atoms with E-state index in [1.165, 1.54) is 24.3 Å². The van der Waals surface area contributed by atoms with Crippen LogP contribution in [0.1, 0.15) is 10.4 Å². The molecule has 0 aliphatic carbocycles. The van der Waals surface area contributed by atoms with Crippen LogP contribution in [-0.4, -0.2) is 39.7 Å².